The normalized spacial score (nSPS) is 16.6. The zero-order valence-electron chi connectivity index (χ0n) is 20.2. The molecule has 1 aliphatic heterocycles. The van der Waals surface area contributed by atoms with Gasteiger partial charge < -0.3 is 14.8 Å². The van der Waals surface area contributed by atoms with E-state index in [0.29, 0.717) is 23.5 Å². The van der Waals surface area contributed by atoms with Crippen LogP contribution in [0.1, 0.15) is 46.8 Å². The number of methoxy groups -OCH3 is 1. The van der Waals surface area contributed by atoms with Crippen LogP contribution in [0, 0.1) is 0 Å². The van der Waals surface area contributed by atoms with Crippen molar-refractivity contribution in [2.45, 2.75) is 25.3 Å². The minimum atomic E-state index is -0.470. The van der Waals surface area contributed by atoms with Gasteiger partial charge in [0.1, 0.15) is 0 Å². The Morgan fingerprint density at radius 2 is 1.76 bits per heavy atom. The molecule has 1 aliphatic carbocycles. The number of Topliss-reactive ketones (excluding diaryl/α,β-unsaturated/α-hetero) is 1. The third-order valence-corrected chi connectivity index (χ3v) is 7.61. The summed E-state index contributed by atoms with van der Waals surface area (Å²) in [6, 6.07) is 24.6. The van der Waals surface area contributed by atoms with Crippen molar-refractivity contribution in [3.05, 3.63) is 106 Å². The van der Waals surface area contributed by atoms with Gasteiger partial charge in [0.15, 0.2) is 17.3 Å². The molecule has 1 atom stereocenters. The predicted molar refractivity (Wildman–Crippen MR) is 148 cm³/mol. The topological polar surface area (TPSA) is 64.6 Å². The Morgan fingerprint density at radius 1 is 0.946 bits per heavy atom. The monoisotopic (exact) mass is 553 g/mol. The molecular formula is C31H24BrNO4. The summed E-state index contributed by atoms with van der Waals surface area (Å²) < 4.78 is 12.1. The van der Waals surface area contributed by atoms with Gasteiger partial charge in [-0.2, -0.15) is 0 Å². The molecule has 2 aliphatic rings. The van der Waals surface area contributed by atoms with Crippen LogP contribution in [0.15, 0.2) is 88.9 Å². The number of hydrogen-bond acceptors (Lipinski definition) is 5. The number of carbonyl (C=O) groups is 2. The number of esters is 1. The molecule has 0 amide bonds. The Bertz CT molecular complexity index is 1590. The summed E-state index contributed by atoms with van der Waals surface area (Å²) >= 11 is 3.37. The molecule has 0 spiro atoms. The second kappa shape index (κ2) is 9.52. The van der Waals surface area contributed by atoms with Crippen molar-refractivity contribution in [2.24, 2.45) is 0 Å². The number of ether oxygens (including phenoxy) is 2. The van der Waals surface area contributed by atoms with Crippen LogP contribution in [-0.2, 0) is 4.79 Å². The predicted octanol–water partition coefficient (Wildman–Crippen LogP) is 7.50. The Labute approximate surface area is 223 Å². The number of ketones is 1. The number of anilines is 1. The van der Waals surface area contributed by atoms with Crippen LogP contribution in [0.4, 0.5) is 5.69 Å². The number of benzene rings is 4. The van der Waals surface area contributed by atoms with E-state index < -0.39 is 5.97 Å². The number of nitrogens with one attached hydrogen (secondary N) is 1. The molecule has 5 nitrogen and oxygen atoms in total. The Balaban J connectivity index is 1.40. The third kappa shape index (κ3) is 4.21. The average Bonchev–Trinajstić information content (AvgIpc) is 2.93. The highest BCUT2D eigenvalue weighted by atomic mass is 79.9. The standard InChI is InChI=1S/C31H24BrNO4/c1-36-27-17-20(12-16-26(27)37-31(35)19-9-13-21(32)14-10-19)30-29-23(7-4-8-25(29)34)28-22-6-3-2-5-18(22)11-15-24(28)33-30/h2-3,5-6,9-17,30,33H,4,7-8H2,1H3/t30-/m1/s1. The summed E-state index contributed by atoms with van der Waals surface area (Å²) in [4.78, 5) is 26.0. The van der Waals surface area contributed by atoms with Crippen LogP contribution in [0.3, 0.4) is 0 Å². The molecule has 6 rings (SSSR count). The van der Waals surface area contributed by atoms with Crippen molar-refractivity contribution in [1.82, 2.24) is 0 Å². The molecule has 0 bridgehead atoms. The van der Waals surface area contributed by atoms with Gasteiger partial charge in [0, 0.05) is 27.7 Å². The van der Waals surface area contributed by atoms with Gasteiger partial charge in [-0.25, -0.2) is 4.79 Å². The fourth-order valence-corrected chi connectivity index (χ4v) is 5.61. The maximum Gasteiger partial charge on any atom is 0.343 e. The fraction of sp³-hybridized carbons (Fsp3) is 0.161. The first-order valence-corrected chi connectivity index (χ1v) is 13.0. The van der Waals surface area contributed by atoms with Gasteiger partial charge in [-0.15, -0.1) is 0 Å². The van der Waals surface area contributed by atoms with E-state index in [0.717, 1.165) is 56.0 Å². The minimum absolute atomic E-state index is 0.169. The lowest BCUT2D eigenvalue weighted by atomic mass is 9.77. The van der Waals surface area contributed by atoms with Crippen molar-refractivity contribution < 1.29 is 19.1 Å². The first kappa shape index (κ1) is 23.5. The van der Waals surface area contributed by atoms with Crippen molar-refractivity contribution >= 4 is 49.7 Å². The Morgan fingerprint density at radius 3 is 2.57 bits per heavy atom. The van der Waals surface area contributed by atoms with Gasteiger partial charge >= 0.3 is 5.97 Å². The van der Waals surface area contributed by atoms with Crippen LogP contribution in [-0.4, -0.2) is 18.9 Å². The number of halogens is 1. The van der Waals surface area contributed by atoms with Crippen molar-refractivity contribution in [2.75, 3.05) is 12.4 Å². The van der Waals surface area contributed by atoms with Crippen LogP contribution in [0.2, 0.25) is 0 Å². The molecular weight excluding hydrogens is 530 g/mol. The molecule has 4 aromatic rings. The van der Waals surface area contributed by atoms with Crippen molar-refractivity contribution in [3.63, 3.8) is 0 Å². The summed E-state index contributed by atoms with van der Waals surface area (Å²) in [5.41, 5.74) is 5.40. The lowest BCUT2D eigenvalue weighted by Gasteiger charge is -2.35. The second-order valence-electron chi connectivity index (χ2n) is 9.26. The maximum atomic E-state index is 13.3. The lowest BCUT2D eigenvalue weighted by Crippen LogP contribution is -2.27. The van der Waals surface area contributed by atoms with E-state index in [4.69, 9.17) is 9.47 Å². The Hall–Kier alpha value is -3.90. The number of fused-ring (bicyclic) bond motifs is 4. The first-order valence-electron chi connectivity index (χ1n) is 12.2. The molecule has 0 unspecified atom stereocenters. The van der Waals surface area contributed by atoms with Gasteiger partial charge in [-0.3, -0.25) is 4.79 Å². The van der Waals surface area contributed by atoms with Crippen molar-refractivity contribution in [3.8, 4) is 11.5 Å². The maximum absolute atomic E-state index is 13.3. The van der Waals surface area contributed by atoms with E-state index in [9.17, 15) is 9.59 Å². The number of hydrogen-bond donors (Lipinski definition) is 1. The van der Waals surface area contributed by atoms with Gasteiger partial charge in [-0.1, -0.05) is 52.3 Å². The van der Waals surface area contributed by atoms with Crippen LogP contribution < -0.4 is 14.8 Å². The van der Waals surface area contributed by atoms with Crippen LogP contribution >= 0.6 is 15.9 Å². The molecule has 6 heteroatoms. The fourth-order valence-electron chi connectivity index (χ4n) is 5.35. The van der Waals surface area contributed by atoms with E-state index in [1.165, 1.54) is 0 Å². The second-order valence-corrected chi connectivity index (χ2v) is 10.2. The minimum Gasteiger partial charge on any atom is -0.493 e. The van der Waals surface area contributed by atoms with Crippen LogP contribution in [0.25, 0.3) is 16.3 Å². The van der Waals surface area contributed by atoms with Gasteiger partial charge in [0.05, 0.1) is 18.7 Å². The van der Waals surface area contributed by atoms with E-state index in [1.807, 2.05) is 24.3 Å². The molecule has 0 fully saturated rings. The molecule has 1 heterocycles. The molecule has 0 saturated heterocycles. The molecule has 184 valence electrons. The highest BCUT2D eigenvalue weighted by Crippen LogP contribution is 2.48. The van der Waals surface area contributed by atoms with Gasteiger partial charge in [-0.05, 0) is 77.2 Å². The summed E-state index contributed by atoms with van der Waals surface area (Å²) in [7, 11) is 1.54. The summed E-state index contributed by atoms with van der Waals surface area (Å²) in [6.45, 7) is 0. The van der Waals surface area contributed by atoms with E-state index in [1.54, 1.807) is 37.4 Å². The number of rotatable bonds is 4. The zero-order valence-corrected chi connectivity index (χ0v) is 21.8. The highest BCUT2D eigenvalue weighted by Gasteiger charge is 2.35. The quantitative estimate of drug-likeness (QED) is 0.209. The molecule has 37 heavy (non-hydrogen) atoms. The zero-order chi connectivity index (χ0) is 25.5. The number of carbonyl (C=O) groups excluding carboxylic acids is 2. The molecule has 0 radical (unpaired) electrons. The van der Waals surface area contributed by atoms with Crippen molar-refractivity contribution in [1.29, 1.82) is 0 Å². The average molecular weight is 554 g/mol. The van der Waals surface area contributed by atoms with E-state index in [2.05, 4.69) is 45.5 Å². The number of allylic oxidation sites excluding steroid dienone is 1. The molecule has 1 N–H and O–H groups in total. The summed E-state index contributed by atoms with van der Waals surface area (Å²) in [6.07, 6.45) is 2.25. The van der Waals surface area contributed by atoms with Gasteiger partial charge in [0.2, 0.25) is 0 Å². The molecule has 4 aromatic carbocycles. The smallest absolute Gasteiger partial charge is 0.343 e. The molecule has 0 aromatic heterocycles. The van der Waals surface area contributed by atoms with Crippen LogP contribution in [0.5, 0.6) is 11.5 Å². The SMILES string of the molecule is COc1cc([C@H]2Nc3ccc4ccccc4c3C3=C2C(=O)CCC3)ccc1OC(=O)c1ccc(Br)cc1. The summed E-state index contributed by atoms with van der Waals surface area (Å²) in [5, 5.41) is 5.94. The highest BCUT2D eigenvalue weighted by molar-refractivity contribution is 9.10. The summed E-state index contributed by atoms with van der Waals surface area (Å²) in [5.74, 6) is 0.453. The Kier molecular flexibility index (Phi) is 6.05. The van der Waals surface area contributed by atoms with E-state index in [-0.39, 0.29) is 11.8 Å². The third-order valence-electron chi connectivity index (χ3n) is 7.08. The first-order chi connectivity index (χ1) is 18.0. The molecule has 0 saturated carbocycles. The largest absolute Gasteiger partial charge is 0.493 e. The van der Waals surface area contributed by atoms with Gasteiger partial charge in [0.25, 0.3) is 0 Å². The lowest BCUT2D eigenvalue weighted by molar-refractivity contribution is -0.116. The van der Waals surface area contributed by atoms with E-state index >= 15 is 0 Å².